The van der Waals surface area contributed by atoms with Crippen molar-refractivity contribution in [3.63, 3.8) is 0 Å². The molecule has 0 heterocycles. The van der Waals surface area contributed by atoms with Gasteiger partial charge >= 0.3 is 16.1 Å². The molecule has 19 heavy (non-hydrogen) atoms. The van der Waals surface area contributed by atoms with Crippen LogP contribution in [0.15, 0.2) is 0 Å². The van der Waals surface area contributed by atoms with Crippen LogP contribution in [0.1, 0.15) is 41.0 Å². The molecule has 8 heteroatoms. The number of rotatable bonds is 6. The lowest BCUT2D eigenvalue weighted by Gasteiger charge is -2.26. The summed E-state index contributed by atoms with van der Waals surface area (Å²) in [7, 11) is -4.41. The zero-order valence-corrected chi connectivity index (χ0v) is 12.7. The lowest BCUT2D eigenvalue weighted by Crippen LogP contribution is -2.41. The monoisotopic (exact) mass is 297 g/mol. The number of hydrogen-bond donors (Lipinski definition) is 2. The summed E-state index contributed by atoms with van der Waals surface area (Å²) in [5.41, 5.74) is -2.82. The lowest BCUT2D eigenvalue weighted by molar-refractivity contribution is -0.163. The lowest BCUT2D eigenvalue weighted by atomic mass is 9.97. The summed E-state index contributed by atoms with van der Waals surface area (Å²) >= 11 is 0. The molecule has 0 saturated heterocycles. The van der Waals surface area contributed by atoms with Gasteiger partial charge in [0.15, 0.2) is 5.44 Å². The number of aliphatic hydroxyl groups excluding tert-OH is 1. The van der Waals surface area contributed by atoms with Crippen LogP contribution in [0.25, 0.3) is 0 Å². The molecule has 0 bridgehead atoms. The summed E-state index contributed by atoms with van der Waals surface area (Å²) in [4.78, 5) is 12.0. The zero-order valence-electron chi connectivity index (χ0n) is 11.9. The number of carbonyl (C=O) groups is 1. The molecular weight excluding hydrogens is 274 g/mol. The summed E-state index contributed by atoms with van der Waals surface area (Å²) in [5.74, 6) is 2.55. The number of nitrogens with two attached hydrogens (primary N) is 1. The van der Waals surface area contributed by atoms with Crippen LogP contribution < -0.4 is 5.90 Å². The second kappa shape index (κ2) is 6.65. The quantitative estimate of drug-likeness (QED) is 0.542. The maximum absolute atomic E-state index is 12.0. The van der Waals surface area contributed by atoms with Gasteiger partial charge in [0.05, 0.1) is 5.92 Å². The second-order valence-corrected chi connectivity index (χ2v) is 7.41. The van der Waals surface area contributed by atoms with E-state index in [9.17, 15) is 18.3 Å². The predicted octanol–water partition coefficient (Wildman–Crippen LogP) is 0.529. The minimum Gasteiger partial charge on any atom is -0.460 e. The fourth-order valence-electron chi connectivity index (χ4n) is 1.47. The van der Waals surface area contributed by atoms with Crippen LogP contribution in [0.5, 0.6) is 0 Å². The van der Waals surface area contributed by atoms with E-state index in [0.29, 0.717) is 0 Å². The smallest absolute Gasteiger partial charge is 0.313 e. The van der Waals surface area contributed by atoms with Crippen molar-refractivity contribution in [2.75, 3.05) is 0 Å². The van der Waals surface area contributed by atoms with Gasteiger partial charge in [-0.25, -0.2) is 0 Å². The van der Waals surface area contributed by atoms with Crippen LogP contribution in [0.2, 0.25) is 0 Å². The van der Waals surface area contributed by atoms with Gasteiger partial charge in [0.25, 0.3) is 0 Å². The molecule has 0 spiro atoms. The van der Waals surface area contributed by atoms with Gasteiger partial charge in [-0.05, 0) is 33.1 Å². The van der Waals surface area contributed by atoms with Crippen LogP contribution in [0.4, 0.5) is 0 Å². The molecule has 0 aliphatic rings. The molecule has 0 aromatic carbocycles. The molecule has 0 aromatic heterocycles. The van der Waals surface area contributed by atoms with E-state index in [1.54, 1.807) is 34.6 Å². The minimum atomic E-state index is -4.41. The van der Waals surface area contributed by atoms with Crippen molar-refractivity contribution in [3.8, 4) is 0 Å². The molecule has 0 radical (unpaired) electrons. The SMILES string of the molecule is CC(C)CC(C(=O)OC(C)(C)C)C(O)S(=O)(=O)ON. The van der Waals surface area contributed by atoms with Gasteiger partial charge in [-0.2, -0.15) is 18.6 Å². The Kier molecular flexibility index (Phi) is 6.40. The second-order valence-electron chi connectivity index (χ2n) is 5.75. The van der Waals surface area contributed by atoms with E-state index in [4.69, 9.17) is 4.74 Å². The Labute approximate surface area is 114 Å². The first-order valence-electron chi connectivity index (χ1n) is 5.94. The summed E-state index contributed by atoms with van der Waals surface area (Å²) in [6.45, 7) is 8.53. The average molecular weight is 297 g/mol. The molecule has 0 saturated carbocycles. The Hall–Kier alpha value is -0.700. The maximum atomic E-state index is 12.0. The molecule has 2 atom stereocenters. The highest BCUT2D eigenvalue weighted by atomic mass is 32.2. The summed E-state index contributed by atoms with van der Waals surface area (Å²) < 4.78 is 31.6. The van der Waals surface area contributed by atoms with Gasteiger partial charge in [-0.3, -0.25) is 4.79 Å². The molecule has 0 amide bonds. The third-order valence-corrected chi connectivity index (χ3v) is 3.40. The first-order valence-corrected chi connectivity index (χ1v) is 7.41. The summed E-state index contributed by atoms with van der Waals surface area (Å²) in [6.07, 6.45) is 0.138. The van der Waals surface area contributed by atoms with Gasteiger partial charge in [-0.1, -0.05) is 13.8 Å². The molecule has 7 nitrogen and oxygen atoms in total. The van der Waals surface area contributed by atoms with E-state index in [-0.39, 0.29) is 12.3 Å². The fraction of sp³-hybridized carbons (Fsp3) is 0.909. The number of hydrogen-bond acceptors (Lipinski definition) is 7. The van der Waals surface area contributed by atoms with E-state index in [0.717, 1.165) is 0 Å². The zero-order chi connectivity index (χ0) is 15.4. The summed E-state index contributed by atoms with van der Waals surface area (Å²) in [6, 6.07) is 0. The Morgan fingerprint density at radius 3 is 2.11 bits per heavy atom. The molecule has 0 fully saturated rings. The van der Waals surface area contributed by atoms with Crippen LogP contribution in [0.3, 0.4) is 0 Å². The number of esters is 1. The van der Waals surface area contributed by atoms with Crippen molar-refractivity contribution in [2.24, 2.45) is 17.7 Å². The fourth-order valence-corrected chi connectivity index (χ4v) is 2.21. The standard InChI is InChI=1S/C11H23NO6S/c1-7(2)6-8(9(13)17-11(3,4)5)10(14)19(15,16)18-12/h7-8,10,14H,6,12H2,1-5H3. The summed E-state index contributed by atoms with van der Waals surface area (Å²) in [5, 5.41) is 9.76. The topological polar surface area (TPSA) is 116 Å². The molecule has 0 aliphatic carbocycles. The van der Waals surface area contributed by atoms with E-state index >= 15 is 0 Å². The molecule has 0 aromatic rings. The van der Waals surface area contributed by atoms with Gasteiger partial charge < -0.3 is 9.84 Å². The predicted molar refractivity (Wildman–Crippen MR) is 69.0 cm³/mol. The molecule has 2 unspecified atom stereocenters. The number of aliphatic hydroxyl groups is 1. The average Bonchev–Trinajstić information content (AvgIpc) is 2.22. The maximum Gasteiger partial charge on any atom is 0.313 e. The minimum absolute atomic E-state index is 0.0138. The molecule has 0 rings (SSSR count). The third-order valence-electron chi connectivity index (χ3n) is 2.21. The van der Waals surface area contributed by atoms with Gasteiger partial charge in [-0.15, -0.1) is 0 Å². The van der Waals surface area contributed by atoms with E-state index < -0.39 is 33.0 Å². The normalized spacial score (nSPS) is 16.2. The van der Waals surface area contributed by atoms with Crippen molar-refractivity contribution in [3.05, 3.63) is 0 Å². The first-order chi connectivity index (χ1) is 8.40. The van der Waals surface area contributed by atoms with Crippen LogP contribution in [-0.2, 0) is 23.9 Å². The van der Waals surface area contributed by atoms with Crippen molar-refractivity contribution in [1.82, 2.24) is 0 Å². The highest BCUT2D eigenvalue weighted by Crippen LogP contribution is 2.23. The van der Waals surface area contributed by atoms with Gasteiger partial charge in [0.1, 0.15) is 5.60 Å². The number of ether oxygens (including phenoxy) is 1. The molecule has 0 aliphatic heterocycles. The molecule has 3 N–H and O–H groups in total. The van der Waals surface area contributed by atoms with Crippen LogP contribution in [0, 0.1) is 11.8 Å². The van der Waals surface area contributed by atoms with Crippen molar-refractivity contribution in [2.45, 2.75) is 52.1 Å². The van der Waals surface area contributed by atoms with Crippen LogP contribution >= 0.6 is 0 Å². The molecular formula is C11H23NO6S. The molecule has 114 valence electrons. The van der Waals surface area contributed by atoms with E-state index in [2.05, 4.69) is 10.2 Å². The van der Waals surface area contributed by atoms with E-state index in [1.807, 2.05) is 0 Å². The van der Waals surface area contributed by atoms with Crippen molar-refractivity contribution >= 4 is 16.1 Å². The Bertz CT molecular complexity index is 398. The Morgan fingerprint density at radius 2 is 1.79 bits per heavy atom. The number of carbonyl (C=O) groups excluding carboxylic acids is 1. The first kappa shape index (κ1) is 18.3. The van der Waals surface area contributed by atoms with Gasteiger partial charge in [0, 0.05) is 0 Å². The van der Waals surface area contributed by atoms with Crippen LogP contribution in [-0.4, -0.2) is 30.5 Å². The van der Waals surface area contributed by atoms with Crippen molar-refractivity contribution in [1.29, 1.82) is 0 Å². The third kappa shape index (κ3) is 6.33. The van der Waals surface area contributed by atoms with E-state index in [1.165, 1.54) is 0 Å². The Morgan fingerprint density at radius 1 is 1.32 bits per heavy atom. The van der Waals surface area contributed by atoms with Crippen molar-refractivity contribution < 1.29 is 27.3 Å². The highest BCUT2D eigenvalue weighted by molar-refractivity contribution is 7.87. The largest absolute Gasteiger partial charge is 0.460 e. The Balaban J connectivity index is 5.17. The highest BCUT2D eigenvalue weighted by Gasteiger charge is 2.39. The van der Waals surface area contributed by atoms with Gasteiger partial charge in [0.2, 0.25) is 0 Å².